The maximum absolute atomic E-state index is 5.44. The molecule has 8 heteroatoms. The van der Waals surface area contributed by atoms with E-state index in [0.717, 1.165) is 39.0 Å². The van der Waals surface area contributed by atoms with Crippen LogP contribution in [-0.2, 0) is 6.42 Å². The van der Waals surface area contributed by atoms with E-state index >= 15 is 0 Å². The Hall–Kier alpha value is -3.26. The quantitative estimate of drug-likeness (QED) is 0.504. The van der Waals surface area contributed by atoms with Crippen LogP contribution in [0, 0.1) is 6.92 Å². The van der Waals surface area contributed by atoms with Crippen molar-refractivity contribution in [3.8, 4) is 11.5 Å². The molecule has 7 nitrogen and oxygen atoms in total. The smallest absolute Gasteiger partial charge is 0.212 e. The fourth-order valence-electron chi connectivity index (χ4n) is 4.02. The van der Waals surface area contributed by atoms with E-state index in [1.165, 1.54) is 5.39 Å². The lowest BCUT2D eigenvalue weighted by molar-refractivity contribution is 0.354. The van der Waals surface area contributed by atoms with Crippen molar-refractivity contribution in [2.45, 2.75) is 30.7 Å². The van der Waals surface area contributed by atoms with Gasteiger partial charge in [-0.05, 0) is 37.6 Å². The molecular formula is C23H23N5O2S. The Labute approximate surface area is 184 Å². The summed E-state index contributed by atoms with van der Waals surface area (Å²) in [4.78, 5) is 3.48. The van der Waals surface area contributed by atoms with Crippen LogP contribution in [0.15, 0.2) is 52.7 Å². The van der Waals surface area contributed by atoms with Crippen molar-refractivity contribution >= 4 is 28.4 Å². The van der Waals surface area contributed by atoms with Gasteiger partial charge in [0.2, 0.25) is 5.16 Å². The molecule has 0 radical (unpaired) electrons. The maximum atomic E-state index is 5.44. The number of aryl methyl sites for hydroxylation is 1. The molecule has 2 aromatic heterocycles. The van der Waals surface area contributed by atoms with Crippen LogP contribution in [0.3, 0.4) is 0 Å². The predicted octanol–water partition coefficient (Wildman–Crippen LogP) is 4.42. The number of para-hydroxylation sites is 1. The number of fused-ring (bicyclic) bond motifs is 2. The number of methoxy groups -OCH3 is 2. The minimum atomic E-state index is 0.170. The van der Waals surface area contributed by atoms with Gasteiger partial charge in [-0.3, -0.25) is 0 Å². The Kier molecular flexibility index (Phi) is 4.94. The second-order valence-electron chi connectivity index (χ2n) is 7.49. The third kappa shape index (κ3) is 3.37. The van der Waals surface area contributed by atoms with E-state index in [-0.39, 0.29) is 5.25 Å². The second kappa shape index (κ2) is 7.77. The Bertz CT molecular complexity index is 1310. The van der Waals surface area contributed by atoms with Crippen molar-refractivity contribution in [3.05, 3.63) is 65.1 Å². The first-order valence-corrected chi connectivity index (χ1v) is 11.0. The molecule has 0 bridgehead atoms. The Morgan fingerprint density at radius 3 is 2.68 bits per heavy atom. The molecule has 0 spiro atoms. The molecule has 1 N–H and O–H groups in total. The lowest BCUT2D eigenvalue weighted by Crippen LogP contribution is -2.22. The third-order valence-electron chi connectivity index (χ3n) is 5.51. The number of aromatic amines is 1. The first-order valence-electron chi connectivity index (χ1n) is 10.1. The highest BCUT2D eigenvalue weighted by molar-refractivity contribution is 8.00. The summed E-state index contributed by atoms with van der Waals surface area (Å²) in [6, 6.07) is 14.2. The Morgan fingerprint density at radius 2 is 1.87 bits per heavy atom. The highest BCUT2D eigenvalue weighted by atomic mass is 32.2. The fourth-order valence-corrected chi connectivity index (χ4v) is 4.94. The number of hydrogen-bond acceptors (Lipinski definition) is 6. The van der Waals surface area contributed by atoms with Crippen molar-refractivity contribution in [3.63, 3.8) is 0 Å². The largest absolute Gasteiger partial charge is 0.493 e. The zero-order valence-corrected chi connectivity index (χ0v) is 18.7. The van der Waals surface area contributed by atoms with Crippen LogP contribution in [0.1, 0.15) is 29.6 Å². The van der Waals surface area contributed by atoms with E-state index in [9.17, 15) is 0 Å². The average Bonchev–Trinajstić information content (AvgIpc) is 3.32. The summed E-state index contributed by atoms with van der Waals surface area (Å²) < 4.78 is 12.7. The minimum absolute atomic E-state index is 0.170. The van der Waals surface area contributed by atoms with Crippen LogP contribution in [0.5, 0.6) is 11.5 Å². The summed E-state index contributed by atoms with van der Waals surface area (Å²) in [7, 11) is 3.27. The number of H-pyrrole nitrogens is 1. The third-order valence-corrected chi connectivity index (χ3v) is 6.55. The van der Waals surface area contributed by atoms with Gasteiger partial charge in [0.15, 0.2) is 17.3 Å². The molecule has 0 aliphatic carbocycles. The first-order chi connectivity index (χ1) is 15.1. The molecule has 158 valence electrons. The number of nitrogens with one attached hydrogen (secondary N) is 1. The zero-order chi connectivity index (χ0) is 21.5. The molecule has 2 aromatic carbocycles. The Balaban J connectivity index is 1.56. The van der Waals surface area contributed by atoms with Crippen LogP contribution in [0.2, 0.25) is 0 Å². The molecule has 5 rings (SSSR count). The number of rotatable bonds is 5. The first kappa shape index (κ1) is 19.7. The van der Waals surface area contributed by atoms with Crippen molar-refractivity contribution in [1.82, 2.24) is 19.9 Å². The van der Waals surface area contributed by atoms with Gasteiger partial charge in [0.1, 0.15) is 0 Å². The highest BCUT2D eigenvalue weighted by Gasteiger charge is 2.28. The molecule has 0 saturated carbocycles. The fraction of sp³-hybridized carbons (Fsp3) is 0.261. The number of benzene rings is 2. The molecule has 31 heavy (non-hydrogen) atoms. The van der Waals surface area contributed by atoms with Crippen molar-refractivity contribution in [1.29, 1.82) is 0 Å². The number of aromatic nitrogens is 4. The summed E-state index contributed by atoms with van der Waals surface area (Å²) in [5, 5.41) is 16.0. The molecular weight excluding hydrogens is 410 g/mol. The summed E-state index contributed by atoms with van der Waals surface area (Å²) in [5.41, 5.74) is 5.48. The van der Waals surface area contributed by atoms with Gasteiger partial charge >= 0.3 is 0 Å². The summed E-state index contributed by atoms with van der Waals surface area (Å²) >= 11 is 1.68. The summed E-state index contributed by atoms with van der Waals surface area (Å²) in [6.07, 6.45) is 0.589. The van der Waals surface area contributed by atoms with Crippen LogP contribution in [0.25, 0.3) is 10.9 Å². The SMILES string of the molecule is COc1ccc(Cc2nnc3n2N=C(c2c(C)[nH]c4ccccc24)[C@H](C)S3)cc1OC. The van der Waals surface area contributed by atoms with Gasteiger partial charge < -0.3 is 14.5 Å². The zero-order valence-electron chi connectivity index (χ0n) is 17.8. The van der Waals surface area contributed by atoms with Gasteiger partial charge in [0.05, 0.1) is 25.2 Å². The van der Waals surface area contributed by atoms with Gasteiger partial charge in [-0.1, -0.05) is 36.0 Å². The van der Waals surface area contributed by atoms with E-state index < -0.39 is 0 Å². The van der Waals surface area contributed by atoms with Crippen molar-refractivity contribution < 1.29 is 9.47 Å². The van der Waals surface area contributed by atoms with E-state index in [4.69, 9.17) is 14.6 Å². The minimum Gasteiger partial charge on any atom is -0.493 e. The van der Waals surface area contributed by atoms with Crippen LogP contribution < -0.4 is 9.47 Å². The molecule has 0 fully saturated rings. The topological polar surface area (TPSA) is 77.3 Å². The maximum Gasteiger partial charge on any atom is 0.212 e. The van der Waals surface area contributed by atoms with Crippen LogP contribution >= 0.6 is 11.8 Å². The average molecular weight is 434 g/mol. The normalized spacial score (nSPS) is 15.6. The molecule has 1 aliphatic rings. The van der Waals surface area contributed by atoms with Gasteiger partial charge in [0, 0.05) is 28.6 Å². The molecule has 0 saturated heterocycles. The monoisotopic (exact) mass is 433 g/mol. The standard InChI is InChI=1S/C23H23N5O2S/c1-13-21(16-7-5-6-8-17(16)24-13)22-14(2)31-23-26-25-20(28(23)27-22)12-15-9-10-18(29-3)19(11-15)30-4/h5-11,14,24H,12H2,1-4H3/t14-/m0/s1. The summed E-state index contributed by atoms with van der Waals surface area (Å²) in [6.45, 7) is 4.26. The van der Waals surface area contributed by atoms with Gasteiger partial charge in [-0.25, -0.2) is 0 Å². The lowest BCUT2D eigenvalue weighted by Gasteiger charge is -2.20. The van der Waals surface area contributed by atoms with Crippen molar-refractivity contribution in [2.24, 2.45) is 5.10 Å². The Morgan fingerprint density at radius 1 is 1.06 bits per heavy atom. The molecule has 0 amide bonds. The van der Waals surface area contributed by atoms with Gasteiger partial charge in [-0.2, -0.15) is 9.78 Å². The highest BCUT2D eigenvalue weighted by Crippen LogP contribution is 2.34. The van der Waals surface area contributed by atoms with Gasteiger partial charge in [-0.15, -0.1) is 10.2 Å². The second-order valence-corrected chi connectivity index (χ2v) is 8.80. The number of thioether (sulfide) groups is 1. The molecule has 0 unspecified atom stereocenters. The number of ether oxygens (including phenoxy) is 2. The van der Waals surface area contributed by atoms with E-state index in [0.29, 0.717) is 17.9 Å². The summed E-state index contributed by atoms with van der Waals surface area (Å²) in [5.74, 6) is 2.19. The lowest BCUT2D eigenvalue weighted by atomic mass is 10.0. The van der Waals surface area contributed by atoms with E-state index in [1.54, 1.807) is 26.0 Å². The molecule has 1 atom stereocenters. The molecule has 4 aromatic rings. The van der Waals surface area contributed by atoms with Crippen LogP contribution in [0.4, 0.5) is 0 Å². The number of hydrogen-bond donors (Lipinski definition) is 1. The van der Waals surface area contributed by atoms with Crippen LogP contribution in [-0.4, -0.2) is 45.0 Å². The predicted molar refractivity (Wildman–Crippen MR) is 123 cm³/mol. The van der Waals surface area contributed by atoms with Crippen molar-refractivity contribution in [2.75, 3.05) is 14.2 Å². The van der Waals surface area contributed by atoms with E-state index in [1.807, 2.05) is 28.9 Å². The molecule has 3 heterocycles. The van der Waals surface area contributed by atoms with E-state index in [2.05, 4.69) is 47.2 Å². The van der Waals surface area contributed by atoms with Gasteiger partial charge in [0.25, 0.3) is 0 Å². The molecule has 1 aliphatic heterocycles. The number of nitrogens with zero attached hydrogens (tertiary/aromatic N) is 4.